The lowest BCUT2D eigenvalue weighted by Gasteiger charge is -2.11. The molecule has 5 nitrogen and oxygen atoms in total. The van der Waals surface area contributed by atoms with Crippen molar-refractivity contribution in [1.29, 1.82) is 10.5 Å². The van der Waals surface area contributed by atoms with Crippen molar-refractivity contribution in [3.05, 3.63) is 58.7 Å². The Kier molecular flexibility index (Phi) is 4.01. The molecule has 0 radical (unpaired) electrons. The van der Waals surface area contributed by atoms with Gasteiger partial charge in [0.1, 0.15) is 0 Å². The van der Waals surface area contributed by atoms with Crippen molar-refractivity contribution < 1.29 is 8.42 Å². The largest absolute Gasteiger partial charge is 0.302 e. The van der Waals surface area contributed by atoms with Gasteiger partial charge in [0.15, 0.2) is 16.0 Å². The minimum Gasteiger partial charge on any atom is -0.302 e. The van der Waals surface area contributed by atoms with Crippen LogP contribution in [0.5, 0.6) is 0 Å². The maximum absolute atomic E-state index is 11.7. The molecule has 1 aliphatic heterocycles. The summed E-state index contributed by atoms with van der Waals surface area (Å²) in [5, 5.41) is 18.1. The molecule has 0 aliphatic carbocycles. The molecule has 2 aromatic rings. The second-order valence-electron chi connectivity index (χ2n) is 6.00. The fraction of sp³-hybridized carbons (Fsp3) is 0.222. The van der Waals surface area contributed by atoms with Crippen molar-refractivity contribution >= 4 is 9.84 Å². The normalized spacial score (nSPS) is 13.2. The van der Waals surface area contributed by atoms with Gasteiger partial charge in [-0.1, -0.05) is 18.2 Å². The third-order valence-electron chi connectivity index (χ3n) is 4.01. The lowest BCUT2D eigenvalue weighted by atomic mass is 9.94. The second-order valence-corrected chi connectivity index (χ2v) is 8.14. The fourth-order valence-electron chi connectivity index (χ4n) is 3.02. The Morgan fingerprint density at radius 1 is 1.12 bits per heavy atom. The molecular formula is C18H15N3O2S. The van der Waals surface area contributed by atoms with Gasteiger partial charge < -0.3 is 4.90 Å². The molecule has 0 saturated heterocycles. The first-order chi connectivity index (χ1) is 11.4. The summed E-state index contributed by atoms with van der Waals surface area (Å²) in [6.07, 6.45) is 3.36. The van der Waals surface area contributed by atoms with Crippen LogP contribution in [0.2, 0.25) is 0 Å². The van der Waals surface area contributed by atoms with Gasteiger partial charge >= 0.3 is 0 Å². The van der Waals surface area contributed by atoms with E-state index in [9.17, 15) is 8.42 Å². The van der Waals surface area contributed by atoms with Crippen molar-refractivity contribution in [2.45, 2.75) is 18.8 Å². The van der Waals surface area contributed by atoms with Gasteiger partial charge in [-0.15, -0.1) is 0 Å². The van der Waals surface area contributed by atoms with Crippen molar-refractivity contribution in [3.8, 4) is 23.4 Å². The first kappa shape index (κ1) is 16.0. The van der Waals surface area contributed by atoms with Crippen LogP contribution >= 0.6 is 0 Å². The molecule has 1 heterocycles. The number of hydrogen-bond donors (Lipinski definition) is 0. The smallest absolute Gasteiger partial charge is 0.179 e. The Labute approximate surface area is 141 Å². The number of benzene rings is 2. The van der Waals surface area contributed by atoms with Gasteiger partial charge in [0, 0.05) is 6.26 Å². The molecule has 0 N–H and O–H groups in total. The van der Waals surface area contributed by atoms with E-state index in [1.807, 2.05) is 24.3 Å². The van der Waals surface area contributed by atoms with Gasteiger partial charge in [-0.25, -0.2) is 8.42 Å². The number of nitrogens with zero attached hydrogens (tertiary/aromatic N) is 3. The number of nitriles is 2. The molecule has 2 aromatic carbocycles. The lowest BCUT2D eigenvalue weighted by molar-refractivity contribution is 0.417. The molecule has 0 fully saturated rings. The molecule has 0 saturated carbocycles. The fourth-order valence-corrected chi connectivity index (χ4v) is 3.79. The quantitative estimate of drug-likeness (QED) is 0.804. The van der Waals surface area contributed by atoms with E-state index < -0.39 is 9.84 Å². The van der Waals surface area contributed by atoms with Crippen LogP contribution < -0.4 is 0 Å². The molecule has 3 rings (SSSR count). The highest BCUT2D eigenvalue weighted by Crippen LogP contribution is 2.34. The van der Waals surface area contributed by atoms with Crippen LogP contribution in [0.1, 0.15) is 22.3 Å². The van der Waals surface area contributed by atoms with E-state index in [1.54, 1.807) is 17.0 Å². The lowest BCUT2D eigenvalue weighted by Crippen LogP contribution is -2.07. The van der Waals surface area contributed by atoms with E-state index in [1.165, 1.54) is 6.26 Å². The summed E-state index contributed by atoms with van der Waals surface area (Å²) in [7, 11) is -3.14. The third kappa shape index (κ3) is 3.24. The number of hydrogen-bond acceptors (Lipinski definition) is 5. The molecule has 0 spiro atoms. The average molecular weight is 337 g/mol. The van der Waals surface area contributed by atoms with Crippen LogP contribution in [-0.4, -0.2) is 19.6 Å². The summed E-state index contributed by atoms with van der Waals surface area (Å²) < 4.78 is 23.3. The van der Waals surface area contributed by atoms with Crippen molar-refractivity contribution in [2.24, 2.45) is 0 Å². The van der Waals surface area contributed by atoms with Gasteiger partial charge in [0.05, 0.1) is 30.5 Å². The van der Waals surface area contributed by atoms with E-state index in [4.69, 9.17) is 10.5 Å². The summed E-state index contributed by atoms with van der Waals surface area (Å²) in [5.41, 5.74) is 5.15. The van der Waals surface area contributed by atoms with Gasteiger partial charge in [-0.2, -0.15) is 10.5 Å². The molecule has 0 aromatic heterocycles. The maximum atomic E-state index is 11.7. The average Bonchev–Trinajstić information content (AvgIpc) is 2.95. The number of sulfone groups is 1. The zero-order chi connectivity index (χ0) is 17.3. The molecule has 0 bridgehead atoms. The SMILES string of the molecule is CS(=O)(=O)Cc1cc2c(c(-c3ccc(C#N)cc3)c1)CN(C#N)C2. The summed E-state index contributed by atoms with van der Waals surface area (Å²) >= 11 is 0. The van der Waals surface area contributed by atoms with Gasteiger partial charge in [-0.05, 0) is 46.0 Å². The minimum absolute atomic E-state index is 0.0316. The number of rotatable bonds is 3. The molecule has 120 valence electrons. The predicted molar refractivity (Wildman–Crippen MR) is 90.0 cm³/mol. The van der Waals surface area contributed by atoms with Gasteiger partial charge in [-0.3, -0.25) is 0 Å². The monoisotopic (exact) mass is 337 g/mol. The highest BCUT2D eigenvalue weighted by atomic mass is 32.2. The Morgan fingerprint density at radius 3 is 2.42 bits per heavy atom. The highest BCUT2D eigenvalue weighted by molar-refractivity contribution is 7.89. The second kappa shape index (κ2) is 5.99. The summed E-state index contributed by atoms with van der Waals surface area (Å²) in [6, 6.07) is 13.0. The highest BCUT2D eigenvalue weighted by Gasteiger charge is 2.23. The first-order valence-corrected chi connectivity index (χ1v) is 9.43. The summed E-state index contributed by atoms with van der Waals surface area (Å²) in [5.74, 6) is -0.0316. The predicted octanol–water partition coefficient (Wildman–Crippen LogP) is 2.57. The zero-order valence-electron chi connectivity index (χ0n) is 13.2. The molecule has 6 heteroatoms. The van der Waals surface area contributed by atoms with E-state index in [2.05, 4.69) is 12.3 Å². The molecular weight excluding hydrogens is 322 g/mol. The minimum atomic E-state index is -3.14. The van der Waals surface area contributed by atoms with Gasteiger partial charge in [0.25, 0.3) is 0 Å². The van der Waals surface area contributed by atoms with E-state index in [-0.39, 0.29) is 5.75 Å². The van der Waals surface area contributed by atoms with Gasteiger partial charge in [0.2, 0.25) is 0 Å². The Bertz CT molecular complexity index is 981. The topological polar surface area (TPSA) is 85.0 Å². The van der Waals surface area contributed by atoms with Crippen LogP contribution in [0.15, 0.2) is 36.4 Å². The summed E-state index contributed by atoms with van der Waals surface area (Å²) in [6.45, 7) is 1.01. The molecule has 0 amide bonds. The third-order valence-corrected chi connectivity index (χ3v) is 4.87. The van der Waals surface area contributed by atoms with Crippen LogP contribution in [0, 0.1) is 22.8 Å². The molecule has 1 aliphatic rings. The van der Waals surface area contributed by atoms with Crippen molar-refractivity contribution in [3.63, 3.8) is 0 Å². The molecule has 0 unspecified atom stereocenters. The van der Waals surface area contributed by atoms with E-state index in [0.717, 1.165) is 27.8 Å². The maximum Gasteiger partial charge on any atom is 0.179 e. The standard InChI is InChI=1S/C18H15N3O2S/c1-24(22,23)11-14-6-16-9-21(12-20)10-18(16)17(7-14)15-4-2-13(8-19)3-5-15/h2-7H,9-11H2,1H3. The van der Waals surface area contributed by atoms with Crippen LogP contribution in [-0.2, 0) is 28.7 Å². The van der Waals surface area contributed by atoms with Crippen LogP contribution in [0.3, 0.4) is 0 Å². The Hall–Kier alpha value is -2.83. The van der Waals surface area contributed by atoms with Crippen LogP contribution in [0.4, 0.5) is 0 Å². The summed E-state index contributed by atoms with van der Waals surface area (Å²) in [4.78, 5) is 1.64. The van der Waals surface area contributed by atoms with E-state index >= 15 is 0 Å². The number of fused-ring (bicyclic) bond motifs is 1. The molecule has 0 atom stereocenters. The van der Waals surface area contributed by atoms with Crippen molar-refractivity contribution in [1.82, 2.24) is 4.90 Å². The van der Waals surface area contributed by atoms with E-state index in [0.29, 0.717) is 18.7 Å². The van der Waals surface area contributed by atoms with Crippen LogP contribution in [0.25, 0.3) is 11.1 Å². The zero-order valence-corrected chi connectivity index (χ0v) is 14.0. The van der Waals surface area contributed by atoms with Crippen molar-refractivity contribution in [2.75, 3.05) is 6.26 Å². The first-order valence-electron chi connectivity index (χ1n) is 7.37. The Balaban J connectivity index is 2.13. The Morgan fingerprint density at radius 2 is 1.83 bits per heavy atom. The molecule has 24 heavy (non-hydrogen) atoms.